The molecule has 2 atom stereocenters. The van der Waals surface area contributed by atoms with E-state index in [0.717, 1.165) is 49.5 Å². The molecule has 0 unspecified atom stereocenters. The summed E-state index contributed by atoms with van der Waals surface area (Å²) in [6.45, 7) is 4.34. The van der Waals surface area contributed by atoms with Crippen LogP contribution in [0.15, 0.2) is 46.7 Å². The predicted molar refractivity (Wildman–Crippen MR) is 140 cm³/mol. The molecule has 0 aliphatic carbocycles. The Morgan fingerprint density at radius 2 is 1.69 bits per heavy atom. The van der Waals surface area contributed by atoms with Gasteiger partial charge in [0.25, 0.3) is 10.0 Å². The first-order chi connectivity index (χ1) is 17.4. The number of nitrogens with zero attached hydrogens (tertiary/aromatic N) is 3. The minimum atomic E-state index is -3.85. The average molecular weight is 531 g/mol. The van der Waals surface area contributed by atoms with E-state index in [1.807, 2.05) is 35.2 Å². The van der Waals surface area contributed by atoms with Crippen LogP contribution in [0.1, 0.15) is 38.5 Å². The molecule has 10 heteroatoms. The number of benzene rings is 1. The number of likely N-dealkylation sites (tertiary alicyclic amines) is 3. The van der Waals surface area contributed by atoms with Crippen molar-refractivity contribution < 1.29 is 18.0 Å². The molecule has 194 valence electrons. The van der Waals surface area contributed by atoms with E-state index in [0.29, 0.717) is 19.4 Å². The second-order valence-corrected chi connectivity index (χ2v) is 13.0. The van der Waals surface area contributed by atoms with E-state index < -0.39 is 16.1 Å². The third kappa shape index (κ3) is 5.66. The van der Waals surface area contributed by atoms with Gasteiger partial charge in [-0.2, -0.15) is 4.72 Å². The number of amides is 2. The lowest BCUT2D eigenvalue weighted by molar-refractivity contribution is -0.143. The Balaban J connectivity index is 1.20. The van der Waals surface area contributed by atoms with Crippen LogP contribution in [0, 0.1) is 0 Å². The van der Waals surface area contributed by atoms with Gasteiger partial charge in [0.05, 0.1) is 6.54 Å². The third-order valence-corrected chi connectivity index (χ3v) is 10.5. The van der Waals surface area contributed by atoms with Crippen molar-refractivity contribution in [2.75, 3.05) is 39.3 Å². The van der Waals surface area contributed by atoms with Gasteiger partial charge in [0.15, 0.2) is 0 Å². The fraction of sp³-hybridized carbons (Fsp3) is 0.538. The van der Waals surface area contributed by atoms with E-state index in [9.17, 15) is 18.0 Å². The zero-order valence-corrected chi connectivity index (χ0v) is 22.1. The molecule has 1 aromatic carbocycles. The molecule has 0 spiro atoms. The van der Waals surface area contributed by atoms with Crippen molar-refractivity contribution in [3.8, 4) is 10.4 Å². The zero-order valence-electron chi connectivity index (χ0n) is 20.5. The van der Waals surface area contributed by atoms with Crippen LogP contribution < -0.4 is 4.72 Å². The maximum Gasteiger partial charge on any atom is 0.250 e. The Kier molecular flexibility index (Phi) is 7.76. The predicted octanol–water partition coefficient (Wildman–Crippen LogP) is 2.77. The highest BCUT2D eigenvalue weighted by molar-refractivity contribution is 7.91. The van der Waals surface area contributed by atoms with E-state index >= 15 is 0 Å². The van der Waals surface area contributed by atoms with E-state index in [1.54, 1.807) is 12.1 Å². The number of rotatable bonds is 8. The molecule has 8 nitrogen and oxygen atoms in total. The van der Waals surface area contributed by atoms with Crippen molar-refractivity contribution in [2.24, 2.45) is 0 Å². The maximum atomic E-state index is 13.2. The van der Waals surface area contributed by atoms with Crippen molar-refractivity contribution in [1.29, 1.82) is 0 Å². The van der Waals surface area contributed by atoms with Gasteiger partial charge >= 0.3 is 0 Å². The van der Waals surface area contributed by atoms with Crippen molar-refractivity contribution in [2.45, 2.75) is 54.8 Å². The lowest BCUT2D eigenvalue weighted by Gasteiger charge is -2.34. The minimum Gasteiger partial charge on any atom is -0.337 e. The van der Waals surface area contributed by atoms with Crippen LogP contribution in [-0.4, -0.2) is 86.3 Å². The van der Waals surface area contributed by atoms with Gasteiger partial charge in [0.2, 0.25) is 11.8 Å². The molecule has 3 aliphatic heterocycles. The van der Waals surface area contributed by atoms with Gasteiger partial charge in [-0.15, -0.1) is 11.3 Å². The molecule has 4 heterocycles. The Morgan fingerprint density at radius 3 is 2.47 bits per heavy atom. The van der Waals surface area contributed by atoms with Gasteiger partial charge in [-0.1, -0.05) is 30.3 Å². The largest absolute Gasteiger partial charge is 0.337 e. The number of piperidine rings is 1. The van der Waals surface area contributed by atoms with Gasteiger partial charge in [-0.3, -0.25) is 9.59 Å². The summed E-state index contributed by atoms with van der Waals surface area (Å²) < 4.78 is 29.0. The molecule has 36 heavy (non-hydrogen) atoms. The van der Waals surface area contributed by atoms with Gasteiger partial charge < -0.3 is 14.7 Å². The maximum absolute atomic E-state index is 13.2. The monoisotopic (exact) mass is 530 g/mol. The standard InChI is InChI=1S/C26H34N4O4S2/c31-24(30-17-6-10-21(30)18-28-14-4-5-15-28)19-29-16-7-11-22(26(29)32)27-36(33,34)25-13-12-23(35-25)20-8-2-1-3-9-20/h1-3,8-9,12-13,21-22,27H,4-7,10-11,14-19H2/t21-,22-/m0/s1. The normalized spacial score (nSPS) is 23.5. The highest BCUT2D eigenvalue weighted by atomic mass is 32.2. The summed E-state index contributed by atoms with van der Waals surface area (Å²) >= 11 is 1.18. The summed E-state index contributed by atoms with van der Waals surface area (Å²) in [6, 6.07) is 12.3. The molecule has 1 aromatic heterocycles. The lowest BCUT2D eigenvalue weighted by Crippen LogP contribution is -2.55. The van der Waals surface area contributed by atoms with Crippen molar-refractivity contribution in [3.63, 3.8) is 0 Å². The van der Waals surface area contributed by atoms with Gasteiger partial charge in [0.1, 0.15) is 10.3 Å². The fourth-order valence-electron chi connectivity index (χ4n) is 5.55. The van der Waals surface area contributed by atoms with Crippen molar-refractivity contribution >= 4 is 33.2 Å². The van der Waals surface area contributed by atoms with Crippen LogP contribution in [0.3, 0.4) is 0 Å². The van der Waals surface area contributed by atoms with Crippen LogP contribution in [0.4, 0.5) is 0 Å². The number of sulfonamides is 1. The second-order valence-electron chi connectivity index (χ2n) is 9.95. The lowest BCUT2D eigenvalue weighted by atomic mass is 10.1. The highest BCUT2D eigenvalue weighted by Gasteiger charge is 2.36. The summed E-state index contributed by atoms with van der Waals surface area (Å²) in [5.74, 6) is -0.340. The Hall–Kier alpha value is -2.27. The van der Waals surface area contributed by atoms with E-state index in [2.05, 4.69) is 9.62 Å². The molecule has 2 amide bonds. The molecule has 1 N–H and O–H groups in total. The molecule has 2 aromatic rings. The molecule has 5 rings (SSSR count). The summed E-state index contributed by atoms with van der Waals surface area (Å²) in [5.41, 5.74) is 0.951. The number of nitrogens with one attached hydrogen (secondary N) is 1. The van der Waals surface area contributed by atoms with Crippen molar-refractivity contribution in [1.82, 2.24) is 19.4 Å². The molecular weight excluding hydrogens is 496 g/mol. The Labute approximate surface area is 217 Å². The summed E-state index contributed by atoms with van der Waals surface area (Å²) in [4.78, 5) is 33.1. The highest BCUT2D eigenvalue weighted by Crippen LogP contribution is 2.31. The molecular formula is C26H34N4O4S2. The topological polar surface area (TPSA) is 90.0 Å². The minimum absolute atomic E-state index is 0.0186. The second kappa shape index (κ2) is 11.0. The van der Waals surface area contributed by atoms with Crippen molar-refractivity contribution in [3.05, 3.63) is 42.5 Å². The van der Waals surface area contributed by atoms with E-state index in [-0.39, 0.29) is 28.6 Å². The average Bonchev–Trinajstić information content (AvgIpc) is 3.65. The van der Waals surface area contributed by atoms with E-state index in [4.69, 9.17) is 0 Å². The number of hydrogen-bond donors (Lipinski definition) is 1. The zero-order chi connectivity index (χ0) is 25.1. The number of carbonyl (C=O) groups excluding carboxylic acids is 2. The third-order valence-electron chi connectivity index (χ3n) is 7.42. The molecule has 0 radical (unpaired) electrons. The quantitative estimate of drug-likeness (QED) is 0.567. The van der Waals surface area contributed by atoms with Gasteiger partial charge in [-0.25, -0.2) is 8.42 Å². The van der Waals surface area contributed by atoms with Crippen LogP contribution in [-0.2, 0) is 19.6 Å². The molecule has 0 saturated carbocycles. The number of carbonyl (C=O) groups is 2. The molecule has 3 saturated heterocycles. The first-order valence-electron chi connectivity index (χ1n) is 12.9. The summed E-state index contributed by atoms with van der Waals surface area (Å²) in [7, 11) is -3.85. The van der Waals surface area contributed by atoms with Crippen LogP contribution >= 0.6 is 11.3 Å². The summed E-state index contributed by atoms with van der Waals surface area (Å²) in [5, 5.41) is 0. The molecule has 3 aliphatic rings. The Bertz CT molecular complexity index is 1180. The van der Waals surface area contributed by atoms with E-state index in [1.165, 1.54) is 29.1 Å². The molecule has 3 fully saturated rings. The van der Waals surface area contributed by atoms with Crippen LogP contribution in [0.5, 0.6) is 0 Å². The molecule has 0 bridgehead atoms. The number of hydrogen-bond acceptors (Lipinski definition) is 6. The van der Waals surface area contributed by atoms with Gasteiger partial charge in [0, 0.05) is 30.6 Å². The summed E-state index contributed by atoms with van der Waals surface area (Å²) in [6.07, 6.45) is 5.53. The SMILES string of the molecule is O=C1[C@@H](NS(=O)(=O)c2ccc(-c3ccccc3)s2)CCCN1CC(=O)N1CCC[C@H]1CN1CCCC1. The van der Waals surface area contributed by atoms with Gasteiger partial charge in [-0.05, 0) is 69.3 Å². The Morgan fingerprint density at radius 1 is 0.944 bits per heavy atom. The number of thiophene rings is 1. The van der Waals surface area contributed by atoms with Crippen LogP contribution in [0.2, 0.25) is 0 Å². The smallest absolute Gasteiger partial charge is 0.250 e. The fourth-order valence-corrected chi connectivity index (χ4v) is 8.10. The van der Waals surface area contributed by atoms with Crippen LogP contribution in [0.25, 0.3) is 10.4 Å². The first-order valence-corrected chi connectivity index (χ1v) is 15.2. The first kappa shape index (κ1) is 25.4.